The summed E-state index contributed by atoms with van der Waals surface area (Å²) in [5, 5.41) is 10.1. The topological polar surface area (TPSA) is 98.8 Å². The summed E-state index contributed by atoms with van der Waals surface area (Å²) in [6, 6.07) is 6.95. The maximum absolute atomic E-state index is 12.5. The fourth-order valence-corrected chi connectivity index (χ4v) is 3.87. The number of aromatic nitrogens is 1. The van der Waals surface area contributed by atoms with Crippen LogP contribution in [0.2, 0.25) is 0 Å². The molecule has 3 aromatic rings. The van der Waals surface area contributed by atoms with Crippen molar-refractivity contribution in [3.63, 3.8) is 0 Å². The number of thiophene rings is 1. The van der Waals surface area contributed by atoms with E-state index in [1.807, 2.05) is 0 Å². The zero-order chi connectivity index (χ0) is 20.8. The molecule has 2 aromatic heterocycles. The number of esters is 1. The van der Waals surface area contributed by atoms with E-state index in [2.05, 4.69) is 15.6 Å². The van der Waals surface area contributed by atoms with Crippen LogP contribution >= 0.6 is 22.7 Å². The smallest absolute Gasteiger partial charge is 0.341 e. The molecule has 2 N–H and O–H groups in total. The van der Waals surface area contributed by atoms with Crippen molar-refractivity contribution in [2.45, 2.75) is 6.92 Å². The van der Waals surface area contributed by atoms with E-state index in [1.165, 1.54) is 22.7 Å². The van der Waals surface area contributed by atoms with E-state index >= 15 is 0 Å². The van der Waals surface area contributed by atoms with Crippen LogP contribution in [0, 0.1) is 0 Å². The quantitative estimate of drug-likeness (QED) is 0.508. The van der Waals surface area contributed by atoms with E-state index in [9.17, 15) is 9.59 Å². The average molecular weight is 434 g/mol. The molecular weight excluding hydrogens is 414 g/mol. The molecule has 0 aliphatic heterocycles. The van der Waals surface area contributed by atoms with Gasteiger partial charge in [0, 0.05) is 11.4 Å². The molecule has 0 aliphatic carbocycles. The second kappa shape index (κ2) is 9.39. The van der Waals surface area contributed by atoms with Gasteiger partial charge in [-0.25, -0.2) is 9.78 Å². The largest absolute Gasteiger partial charge is 0.497 e. The Bertz CT molecular complexity index is 1010. The van der Waals surface area contributed by atoms with Gasteiger partial charge in [0.1, 0.15) is 22.2 Å². The van der Waals surface area contributed by atoms with Gasteiger partial charge in [-0.3, -0.25) is 4.79 Å². The van der Waals surface area contributed by atoms with Gasteiger partial charge < -0.3 is 24.8 Å². The van der Waals surface area contributed by atoms with Gasteiger partial charge >= 0.3 is 5.97 Å². The minimum Gasteiger partial charge on any atom is -0.497 e. The fraction of sp³-hybridized carbons (Fsp3) is 0.211. The zero-order valence-corrected chi connectivity index (χ0v) is 17.6. The first kappa shape index (κ1) is 20.6. The Morgan fingerprint density at radius 3 is 2.69 bits per heavy atom. The summed E-state index contributed by atoms with van der Waals surface area (Å²) in [7, 11) is 3.14. The number of benzene rings is 1. The van der Waals surface area contributed by atoms with Gasteiger partial charge in [0.2, 0.25) is 0 Å². The van der Waals surface area contributed by atoms with Crippen LogP contribution in [0.15, 0.2) is 35.0 Å². The first-order chi connectivity index (χ1) is 14.0. The Hall–Kier alpha value is -3.11. The van der Waals surface area contributed by atoms with Crippen molar-refractivity contribution in [1.29, 1.82) is 0 Å². The molecule has 0 unspecified atom stereocenters. The Labute approximate surface area is 175 Å². The van der Waals surface area contributed by atoms with Crippen LogP contribution in [-0.2, 0) is 4.74 Å². The molecule has 0 bridgehead atoms. The Morgan fingerprint density at radius 2 is 1.97 bits per heavy atom. The number of rotatable bonds is 8. The molecule has 29 heavy (non-hydrogen) atoms. The standard InChI is InChI=1S/C19H19N3O5S2/c1-4-27-18(24)12-7-8-28-17(12)22-16(23)14-10-29-19(21-14)20-13-6-5-11(25-2)9-15(13)26-3/h5-10H,4H2,1-3H3,(H,20,21)(H,22,23). The maximum atomic E-state index is 12.5. The lowest BCUT2D eigenvalue weighted by Crippen LogP contribution is -2.14. The zero-order valence-electron chi connectivity index (χ0n) is 16.0. The van der Waals surface area contributed by atoms with Crippen molar-refractivity contribution in [2.24, 2.45) is 0 Å². The highest BCUT2D eigenvalue weighted by atomic mass is 32.1. The van der Waals surface area contributed by atoms with Crippen LogP contribution in [0.25, 0.3) is 0 Å². The van der Waals surface area contributed by atoms with Crippen molar-refractivity contribution in [3.05, 3.63) is 46.3 Å². The molecule has 3 rings (SSSR count). The summed E-state index contributed by atoms with van der Waals surface area (Å²) in [6.45, 7) is 1.99. The second-order valence-electron chi connectivity index (χ2n) is 5.57. The van der Waals surface area contributed by atoms with Gasteiger partial charge in [-0.15, -0.1) is 22.7 Å². The van der Waals surface area contributed by atoms with Crippen molar-refractivity contribution < 1.29 is 23.8 Å². The summed E-state index contributed by atoms with van der Waals surface area (Å²) >= 11 is 2.52. The lowest BCUT2D eigenvalue weighted by molar-refractivity contribution is 0.0528. The van der Waals surface area contributed by atoms with Gasteiger partial charge in [0.25, 0.3) is 5.91 Å². The Balaban J connectivity index is 1.71. The van der Waals surface area contributed by atoms with Crippen LogP contribution in [-0.4, -0.2) is 37.7 Å². The highest BCUT2D eigenvalue weighted by Gasteiger charge is 2.18. The normalized spacial score (nSPS) is 10.3. The molecule has 1 aromatic carbocycles. The van der Waals surface area contributed by atoms with Gasteiger partial charge in [-0.05, 0) is 30.5 Å². The van der Waals surface area contributed by atoms with E-state index in [1.54, 1.807) is 56.2 Å². The molecule has 0 saturated carbocycles. The number of amides is 1. The minimum absolute atomic E-state index is 0.230. The third-order valence-corrected chi connectivity index (χ3v) is 5.36. The summed E-state index contributed by atoms with van der Waals surface area (Å²) < 4.78 is 15.5. The SMILES string of the molecule is CCOC(=O)c1ccsc1NC(=O)c1csc(Nc2ccc(OC)cc2OC)n1. The number of anilines is 3. The number of thiazole rings is 1. The first-order valence-corrected chi connectivity index (χ1v) is 10.3. The number of nitrogens with one attached hydrogen (secondary N) is 2. The van der Waals surface area contributed by atoms with E-state index in [-0.39, 0.29) is 12.3 Å². The maximum Gasteiger partial charge on any atom is 0.341 e. The van der Waals surface area contributed by atoms with Crippen molar-refractivity contribution in [2.75, 3.05) is 31.5 Å². The van der Waals surface area contributed by atoms with E-state index in [0.717, 1.165) is 0 Å². The van der Waals surface area contributed by atoms with E-state index in [4.69, 9.17) is 14.2 Å². The predicted molar refractivity (Wildman–Crippen MR) is 113 cm³/mol. The molecule has 0 saturated heterocycles. The fourth-order valence-electron chi connectivity index (χ4n) is 2.40. The van der Waals surface area contributed by atoms with Crippen LogP contribution in [0.4, 0.5) is 15.8 Å². The Morgan fingerprint density at radius 1 is 1.14 bits per heavy atom. The molecule has 0 spiro atoms. The van der Waals surface area contributed by atoms with Gasteiger partial charge in [-0.1, -0.05) is 0 Å². The van der Waals surface area contributed by atoms with E-state index < -0.39 is 11.9 Å². The summed E-state index contributed by atoms with van der Waals surface area (Å²) in [6.07, 6.45) is 0. The van der Waals surface area contributed by atoms with Crippen LogP contribution in [0.1, 0.15) is 27.8 Å². The summed E-state index contributed by atoms with van der Waals surface area (Å²) in [4.78, 5) is 28.8. The van der Waals surface area contributed by atoms with Crippen molar-refractivity contribution in [1.82, 2.24) is 4.98 Å². The lowest BCUT2D eigenvalue weighted by atomic mass is 10.3. The molecule has 152 valence electrons. The van der Waals surface area contributed by atoms with E-state index in [0.29, 0.717) is 32.9 Å². The van der Waals surface area contributed by atoms with Gasteiger partial charge in [-0.2, -0.15) is 0 Å². The molecule has 0 atom stereocenters. The number of nitrogens with zero attached hydrogens (tertiary/aromatic N) is 1. The molecular formula is C19H19N3O5S2. The van der Waals surface area contributed by atoms with Gasteiger partial charge in [0.05, 0.1) is 32.1 Å². The molecule has 10 heteroatoms. The number of hydrogen-bond acceptors (Lipinski definition) is 9. The Kier molecular flexibility index (Phi) is 6.68. The first-order valence-electron chi connectivity index (χ1n) is 8.56. The van der Waals surface area contributed by atoms with Crippen LogP contribution in [0.3, 0.4) is 0 Å². The molecule has 0 radical (unpaired) electrons. The van der Waals surface area contributed by atoms with Gasteiger partial charge in [0.15, 0.2) is 5.13 Å². The number of carbonyl (C=O) groups is 2. The molecule has 0 aliphatic rings. The number of methoxy groups -OCH3 is 2. The molecule has 8 nitrogen and oxygen atoms in total. The third kappa shape index (κ3) is 4.84. The van der Waals surface area contributed by atoms with Crippen molar-refractivity contribution in [3.8, 4) is 11.5 Å². The molecule has 2 heterocycles. The number of ether oxygens (including phenoxy) is 3. The highest BCUT2D eigenvalue weighted by Crippen LogP contribution is 2.32. The van der Waals surface area contributed by atoms with Crippen LogP contribution in [0.5, 0.6) is 11.5 Å². The number of hydrogen-bond donors (Lipinski definition) is 2. The molecule has 0 fully saturated rings. The third-order valence-electron chi connectivity index (χ3n) is 3.77. The lowest BCUT2D eigenvalue weighted by Gasteiger charge is -2.10. The summed E-state index contributed by atoms with van der Waals surface area (Å²) in [5.41, 5.74) is 1.24. The minimum atomic E-state index is -0.476. The highest BCUT2D eigenvalue weighted by molar-refractivity contribution is 7.15. The monoisotopic (exact) mass is 433 g/mol. The second-order valence-corrected chi connectivity index (χ2v) is 7.34. The summed E-state index contributed by atoms with van der Waals surface area (Å²) in [5.74, 6) is 0.364. The van der Waals surface area contributed by atoms with Crippen LogP contribution < -0.4 is 20.1 Å². The predicted octanol–water partition coefficient (Wildman–Crippen LogP) is 4.39. The molecule has 1 amide bonds. The number of carbonyl (C=O) groups excluding carboxylic acids is 2. The average Bonchev–Trinajstić information content (AvgIpc) is 3.38. The van der Waals surface area contributed by atoms with Crippen molar-refractivity contribution >= 4 is 50.4 Å².